The van der Waals surface area contributed by atoms with Gasteiger partial charge in [-0.25, -0.2) is 0 Å². The van der Waals surface area contributed by atoms with E-state index in [4.69, 9.17) is 0 Å². The molecule has 3 heteroatoms. The minimum atomic E-state index is 0.280. The van der Waals surface area contributed by atoms with E-state index in [0.29, 0.717) is 11.8 Å². The van der Waals surface area contributed by atoms with Crippen molar-refractivity contribution in [3.8, 4) is 0 Å². The maximum Gasteiger partial charge on any atom is 0.0725 e. The normalized spacial score (nSPS) is 26.8. The highest BCUT2D eigenvalue weighted by molar-refractivity contribution is 9.10. The van der Waals surface area contributed by atoms with Gasteiger partial charge in [-0.1, -0.05) is 30.4 Å². The van der Waals surface area contributed by atoms with Gasteiger partial charge in [0.2, 0.25) is 0 Å². The Balaban J connectivity index is 1.83. The third kappa shape index (κ3) is 1.80. The van der Waals surface area contributed by atoms with Gasteiger partial charge >= 0.3 is 0 Å². The number of rotatable bonds is 1. The van der Waals surface area contributed by atoms with Crippen molar-refractivity contribution >= 4 is 21.6 Å². The number of nitrogens with zero attached hydrogens (tertiary/aromatic N) is 1. The molecule has 2 aromatic rings. The Labute approximate surface area is 127 Å². The summed E-state index contributed by atoms with van der Waals surface area (Å²) in [5.41, 5.74) is 3.74. The topological polar surface area (TPSA) is 24.9 Å². The number of hydrogen-bond acceptors (Lipinski definition) is 2. The van der Waals surface area contributed by atoms with Crippen LogP contribution in [0.4, 0.5) is 5.69 Å². The fourth-order valence-corrected chi connectivity index (χ4v) is 3.93. The number of fused-ring (bicyclic) bond motifs is 3. The van der Waals surface area contributed by atoms with Crippen LogP contribution in [0.3, 0.4) is 0 Å². The summed E-state index contributed by atoms with van der Waals surface area (Å²) in [6.45, 7) is 0. The lowest BCUT2D eigenvalue weighted by molar-refractivity contribution is 0.418. The van der Waals surface area contributed by atoms with Crippen molar-refractivity contribution in [1.29, 1.82) is 0 Å². The second kappa shape index (κ2) is 4.74. The van der Waals surface area contributed by atoms with E-state index in [1.165, 1.54) is 11.3 Å². The number of allylic oxidation sites excluding steroid dienone is 2. The average molecular weight is 327 g/mol. The number of pyridine rings is 1. The number of hydrogen-bond donors (Lipinski definition) is 1. The fraction of sp³-hybridized carbons (Fsp3) is 0.235. The van der Waals surface area contributed by atoms with Crippen molar-refractivity contribution in [2.75, 3.05) is 5.32 Å². The number of benzene rings is 1. The Hall–Kier alpha value is -1.61. The summed E-state index contributed by atoms with van der Waals surface area (Å²) in [4.78, 5) is 4.56. The Morgan fingerprint density at radius 2 is 2.10 bits per heavy atom. The van der Waals surface area contributed by atoms with Crippen LogP contribution in [0.15, 0.2) is 59.2 Å². The zero-order chi connectivity index (χ0) is 13.5. The first-order valence-corrected chi connectivity index (χ1v) is 7.76. The van der Waals surface area contributed by atoms with Gasteiger partial charge in [0.15, 0.2) is 0 Å². The third-order valence-corrected chi connectivity index (χ3v) is 5.01. The van der Waals surface area contributed by atoms with E-state index >= 15 is 0 Å². The lowest BCUT2D eigenvalue weighted by atomic mass is 9.78. The summed E-state index contributed by atoms with van der Waals surface area (Å²) in [6, 6.07) is 12.9. The summed E-state index contributed by atoms with van der Waals surface area (Å²) in [6.07, 6.45) is 7.66. The molecule has 4 rings (SSSR count). The maximum atomic E-state index is 4.56. The minimum absolute atomic E-state index is 0.280. The fourth-order valence-electron chi connectivity index (χ4n) is 3.44. The van der Waals surface area contributed by atoms with Crippen LogP contribution >= 0.6 is 15.9 Å². The van der Waals surface area contributed by atoms with Gasteiger partial charge in [0.25, 0.3) is 0 Å². The second-order valence-corrected chi connectivity index (χ2v) is 6.29. The van der Waals surface area contributed by atoms with Crippen LogP contribution in [0, 0.1) is 5.92 Å². The molecule has 1 N–H and O–H groups in total. The number of anilines is 1. The van der Waals surface area contributed by atoms with Gasteiger partial charge in [0.05, 0.1) is 17.4 Å². The first kappa shape index (κ1) is 12.2. The van der Waals surface area contributed by atoms with Crippen molar-refractivity contribution in [1.82, 2.24) is 4.98 Å². The second-order valence-electron chi connectivity index (χ2n) is 5.43. The summed E-state index contributed by atoms with van der Waals surface area (Å²) >= 11 is 3.67. The molecule has 0 fully saturated rings. The van der Waals surface area contributed by atoms with Crippen molar-refractivity contribution in [3.63, 3.8) is 0 Å². The Kier molecular flexibility index (Phi) is 2.88. The molecule has 0 radical (unpaired) electrons. The summed E-state index contributed by atoms with van der Waals surface area (Å²) in [5, 5.41) is 3.70. The van der Waals surface area contributed by atoms with E-state index in [2.05, 4.69) is 68.7 Å². The van der Waals surface area contributed by atoms with Crippen molar-refractivity contribution in [2.45, 2.75) is 18.4 Å². The van der Waals surface area contributed by atoms with Crippen LogP contribution in [0.5, 0.6) is 0 Å². The molecule has 1 aliphatic heterocycles. The van der Waals surface area contributed by atoms with Crippen LogP contribution in [0.2, 0.25) is 0 Å². The molecule has 3 atom stereocenters. The Morgan fingerprint density at radius 1 is 1.15 bits per heavy atom. The molecular formula is C17H15BrN2. The van der Waals surface area contributed by atoms with E-state index in [-0.39, 0.29) is 6.04 Å². The van der Waals surface area contributed by atoms with Crippen LogP contribution in [0.25, 0.3) is 0 Å². The van der Waals surface area contributed by atoms with Crippen LogP contribution in [0.1, 0.15) is 29.6 Å². The van der Waals surface area contributed by atoms with Gasteiger partial charge in [0.1, 0.15) is 0 Å². The summed E-state index contributed by atoms with van der Waals surface area (Å²) < 4.78 is 1.13. The van der Waals surface area contributed by atoms with Crippen LogP contribution in [-0.4, -0.2) is 4.98 Å². The molecule has 0 saturated carbocycles. The third-order valence-electron chi connectivity index (χ3n) is 4.35. The van der Waals surface area contributed by atoms with E-state index in [1.54, 1.807) is 0 Å². The maximum absolute atomic E-state index is 4.56. The van der Waals surface area contributed by atoms with Gasteiger partial charge in [-0.15, -0.1) is 0 Å². The molecule has 0 spiro atoms. The van der Waals surface area contributed by atoms with Crippen molar-refractivity contribution in [3.05, 3.63) is 70.5 Å². The largest absolute Gasteiger partial charge is 0.375 e. The monoisotopic (exact) mass is 326 g/mol. The van der Waals surface area contributed by atoms with Crippen LogP contribution in [-0.2, 0) is 0 Å². The molecule has 2 aliphatic rings. The summed E-state index contributed by atoms with van der Waals surface area (Å²) in [7, 11) is 0. The van der Waals surface area contributed by atoms with E-state index in [1.807, 2.05) is 12.3 Å². The highest BCUT2D eigenvalue weighted by Crippen LogP contribution is 2.50. The van der Waals surface area contributed by atoms with E-state index < -0.39 is 0 Å². The molecule has 0 unspecified atom stereocenters. The summed E-state index contributed by atoms with van der Waals surface area (Å²) in [5.74, 6) is 1.06. The minimum Gasteiger partial charge on any atom is -0.375 e. The number of aromatic nitrogens is 1. The molecule has 100 valence electrons. The molecule has 0 saturated heterocycles. The number of halogens is 1. The molecule has 0 bridgehead atoms. The first-order valence-electron chi connectivity index (χ1n) is 6.97. The number of para-hydroxylation sites is 1. The molecule has 0 amide bonds. The molecule has 1 aromatic carbocycles. The van der Waals surface area contributed by atoms with Crippen LogP contribution < -0.4 is 5.32 Å². The molecule has 1 aromatic heterocycles. The quantitative estimate of drug-likeness (QED) is 0.770. The Morgan fingerprint density at radius 3 is 2.95 bits per heavy atom. The molecule has 1 aliphatic carbocycles. The predicted molar refractivity (Wildman–Crippen MR) is 84.7 cm³/mol. The highest BCUT2D eigenvalue weighted by Gasteiger charge is 2.38. The van der Waals surface area contributed by atoms with Gasteiger partial charge in [-0.05, 0) is 52.0 Å². The lowest BCUT2D eigenvalue weighted by Crippen LogP contribution is -2.29. The predicted octanol–water partition coefficient (Wildman–Crippen LogP) is 4.67. The van der Waals surface area contributed by atoms with Gasteiger partial charge < -0.3 is 5.32 Å². The average Bonchev–Trinajstić information content (AvgIpc) is 2.97. The van der Waals surface area contributed by atoms with E-state index in [9.17, 15) is 0 Å². The first-order chi connectivity index (χ1) is 9.84. The van der Waals surface area contributed by atoms with Gasteiger partial charge in [-0.3, -0.25) is 4.98 Å². The number of nitrogens with one attached hydrogen (secondary N) is 1. The molecular weight excluding hydrogens is 312 g/mol. The van der Waals surface area contributed by atoms with Gasteiger partial charge in [-0.2, -0.15) is 0 Å². The Bertz CT molecular complexity index is 666. The molecule has 2 heterocycles. The smallest absolute Gasteiger partial charge is 0.0725 e. The standard InChI is InChI=1S/C17H15BrN2/c18-14-8-4-7-12-11-5-3-6-13(11)17(20-16(12)14)15-9-1-2-10-19-15/h1-5,7-11,13,17,20H,6H2/t11-,13+,17+/m1/s1. The molecule has 2 nitrogen and oxygen atoms in total. The van der Waals surface area contributed by atoms with E-state index in [0.717, 1.165) is 16.6 Å². The zero-order valence-corrected chi connectivity index (χ0v) is 12.5. The van der Waals surface area contributed by atoms with Gasteiger partial charge in [0, 0.05) is 16.6 Å². The van der Waals surface area contributed by atoms with Crippen molar-refractivity contribution in [2.24, 2.45) is 5.92 Å². The lowest BCUT2D eigenvalue weighted by Gasteiger charge is -2.37. The molecule has 20 heavy (non-hydrogen) atoms. The SMILES string of the molecule is Brc1cccc2c1N[C@H](c1ccccn1)[C@H]1CC=C[C@H]21. The highest BCUT2D eigenvalue weighted by atomic mass is 79.9. The van der Waals surface area contributed by atoms with Crippen molar-refractivity contribution < 1.29 is 0 Å². The zero-order valence-electron chi connectivity index (χ0n) is 11.0.